The molecule has 2 aromatic rings. The fourth-order valence-corrected chi connectivity index (χ4v) is 1.02. The summed E-state index contributed by atoms with van der Waals surface area (Å²) in [6.45, 7) is 1.99. The lowest BCUT2D eigenvalue weighted by molar-refractivity contribution is 0.568. The number of aryl methyl sites for hydroxylation is 2. The van der Waals surface area contributed by atoms with Gasteiger partial charge in [0.25, 0.3) is 0 Å². The van der Waals surface area contributed by atoms with E-state index in [9.17, 15) is 0 Å². The predicted octanol–water partition coefficient (Wildman–Crippen LogP) is 1.38. The molecular formula is C8H9N3O. The zero-order chi connectivity index (χ0) is 8.55. The molecule has 0 spiro atoms. The van der Waals surface area contributed by atoms with Gasteiger partial charge >= 0.3 is 0 Å². The fourth-order valence-electron chi connectivity index (χ4n) is 1.02. The van der Waals surface area contributed by atoms with E-state index in [2.05, 4.69) is 10.1 Å². The smallest absolute Gasteiger partial charge is 0.181 e. The van der Waals surface area contributed by atoms with E-state index in [0.717, 1.165) is 11.4 Å². The van der Waals surface area contributed by atoms with Crippen molar-refractivity contribution in [2.45, 2.75) is 6.92 Å². The average Bonchev–Trinajstić information content (AvgIpc) is 2.61. The molecule has 0 atom stereocenters. The third kappa shape index (κ3) is 1.01. The Morgan fingerprint density at radius 1 is 1.50 bits per heavy atom. The molecule has 0 aromatic carbocycles. The van der Waals surface area contributed by atoms with Crippen molar-refractivity contribution in [1.82, 2.24) is 14.8 Å². The Morgan fingerprint density at radius 3 is 2.83 bits per heavy atom. The lowest BCUT2D eigenvalue weighted by atomic mass is 10.3. The number of hydrogen-bond acceptors (Lipinski definition) is 3. The topological polar surface area (TPSA) is 43.9 Å². The van der Waals surface area contributed by atoms with Gasteiger partial charge < -0.3 is 4.42 Å². The van der Waals surface area contributed by atoms with Crippen molar-refractivity contribution >= 4 is 0 Å². The van der Waals surface area contributed by atoms with Crippen LogP contribution in [0.2, 0.25) is 0 Å². The van der Waals surface area contributed by atoms with Gasteiger partial charge in [0, 0.05) is 12.7 Å². The van der Waals surface area contributed by atoms with Crippen LogP contribution in [0, 0.1) is 6.92 Å². The van der Waals surface area contributed by atoms with Crippen molar-refractivity contribution in [2.75, 3.05) is 0 Å². The normalized spacial score (nSPS) is 10.5. The van der Waals surface area contributed by atoms with Crippen molar-refractivity contribution in [3.8, 4) is 11.5 Å². The highest BCUT2D eigenvalue weighted by Crippen LogP contribution is 2.16. The van der Waals surface area contributed by atoms with E-state index >= 15 is 0 Å². The summed E-state index contributed by atoms with van der Waals surface area (Å²) in [6, 6.07) is 1.96. The lowest BCUT2D eigenvalue weighted by Crippen LogP contribution is -1.91. The van der Waals surface area contributed by atoms with E-state index in [1.165, 1.54) is 6.39 Å². The molecule has 0 aliphatic rings. The van der Waals surface area contributed by atoms with Crippen LogP contribution in [-0.4, -0.2) is 14.8 Å². The molecule has 0 fully saturated rings. The highest BCUT2D eigenvalue weighted by molar-refractivity contribution is 5.50. The zero-order valence-electron chi connectivity index (χ0n) is 6.98. The Hall–Kier alpha value is -1.58. The predicted molar refractivity (Wildman–Crippen MR) is 43.4 cm³/mol. The molecule has 4 nitrogen and oxygen atoms in total. The van der Waals surface area contributed by atoms with Gasteiger partial charge in [0.1, 0.15) is 5.69 Å². The summed E-state index contributed by atoms with van der Waals surface area (Å²) in [5, 5.41) is 4.24. The highest BCUT2D eigenvalue weighted by atomic mass is 16.3. The van der Waals surface area contributed by atoms with Crippen molar-refractivity contribution in [1.29, 1.82) is 0 Å². The summed E-state index contributed by atoms with van der Waals surface area (Å²) in [5.74, 6) is 0.707. The van der Waals surface area contributed by atoms with Crippen LogP contribution < -0.4 is 0 Å². The van der Waals surface area contributed by atoms with Gasteiger partial charge in [0.05, 0.1) is 6.20 Å². The minimum atomic E-state index is 0.707. The minimum absolute atomic E-state index is 0.707. The van der Waals surface area contributed by atoms with E-state index < -0.39 is 0 Å². The molecular weight excluding hydrogens is 154 g/mol. The molecule has 2 aromatic heterocycles. The van der Waals surface area contributed by atoms with Gasteiger partial charge in [-0.3, -0.25) is 4.68 Å². The molecule has 0 aliphatic heterocycles. The van der Waals surface area contributed by atoms with Crippen LogP contribution in [-0.2, 0) is 7.05 Å². The van der Waals surface area contributed by atoms with E-state index in [-0.39, 0.29) is 0 Å². The van der Waals surface area contributed by atoms with Crippen LogP contribution >= 0.6 is 0 Å². The fraction of sp³-hybridized carbons (Fsp3) is 0.250. The molecule has 0 bridgehead atoms. The second kappa shape index (κ2) is 2.48. The monoisotopic (exact) mass is 163 g/mol. The maximum atomic E-state index is 5.10. The van der Waals surface area contributed by atoms with Crippen molar-refractivity contribution in [3.05, 3.63) is 24.4 Å². The molecule has 0 aliphatic carbocycles. The summed E-state index contributed by atoms with van der Waals surface area (Å²) in [7, 11) is 1.90. The van der Waals surface area contributed by atoms with Gasteiger partial charge in [-0.2, -0.15) is 5.10 Å². The summed E-state index contributed by atoms with van der Waals surface area (Å²) in [4.78, 5) is 3.82. The Bertz CT molecular complexity index is 355. The average molecular weight is 163 g/mol. The maximum Gasteiger partial charge on any atom is 0.181 e. The second-order valence-corrected chi connectivity index (χ2v) is 2.66. The first-order chi connectivity index (χ1) is 5.77. The van der Waals surface area contributed by atoms with Crippen LogP contribution in [0.5, 0.6) is 0 Å². The molecule has 2 heterocycles. The summed E-state index contributed by atoms with van der Waals surface area (Å²) < 4.78 is 6.90. The molecule has 0 amide bonds. The first kappa shape index (κ1) is 7.09. The Labute approximate surface area is 69.8 Å². The van der Waals surface area contributed by atoms with Crippen molar-refractivity contribution in [2.24, 2.45) is 7.05 Å². The first-order valence-electron chi connectivity index (χ1n) is 3.67. The standard InChI is InChI=1S/C8H9N3O/c1-6-3-7(10-11(6)2)8-4-9-5-12-8/h3-5H,1-2H3. The number of rotatable bonds is 1. The molecule has 0 saturated heterocycles. The van der Waals surface area contributed by atoms with Crippen LogP contribution in [0.4, 0.5) is 0 Å². The molecule has 0 saturated carbocycles. The lowest BCUT2D eigenvalue weighted by Gasteiger charge is -1.88. The van der Waals surface area contributed by atoms with E-state index in [1.54, 1.807) is 10.9 Å². The third-order valence-corrected chi connectivity index (χ3v) is 1.80. The molecule has 0 N–H and O–H groups in total. The van der Waals surface area contributed by atoms with Gasteiger partial charge in [-0.05, 0) is 13.0 Å². The highest BCUT2D eigenvalue weighted by Gasteiger charge is 2.06. The quantitative estimate of drug-likeness (QED) is 0.638. The van der Waals surface area contributed by atoms with Gasteiger partial charge in [0.15, 0.2) is 12.2 Å². The van der Waals surface area contributed by atoms with Gasteiger partial charge in [0.2, 0.25) is 0 Å². The molecule has 4 heteroatoms. The van der Waals surface area contributed by atoms with Crippen LogP contribution in [0.15, 0.2) is 23.1 Å². The molecule has 0 radical (unpaired) electrons. The molecule has 62 valence electrons. The second-order valence-electron chi connectivity index (χ2n) is 2.66. The van der Waals surface area contributed by atoms with Crippen LogP contribution in [0.3, 0.4) is 0 Å². The Kier molecular flexibility index (Phi) is 1.46. The SMILES string of the molecule is Cc1cc(-c2cnco2)nn1C. The number of hydrogen-bond donors (Lipinski definition) is 0. The molecule has 12 heavy (non-hydrogen) atoms. The third-order valence-electron chi connectivity index (χ3n) is 1.80. The summed E-state index contributed by atoms with van der Waals surface area (Å²) in [6.07, 6.45) is 3.06. The largest absolute Gasteiger partial charge is 0.442 e. The maximum absolute atomic E-state index is 5.10. The summed E-state index contributed by atoms with van der Waals surface area (Å²) >= 11 is 0. The van der Waals surface area contributed by atoms with Crippen molar-refractivity contribution in [3.63, 3.8) is 0 Å². The van der Waals surface area contributed by atoms with Gasteiger partial charge in [-0.15, -0.1) is 0 Å². The van der Waals surface area contributed by atoms with Crippen LogP contribution in [0.1, 0.15) is 5.69 Å². The Morgan fingerprint density at radius 2 is 2.33 bits per heavy atom. The van der Waals surface area contributed by atoms with Gasteiger partial charge in [-0.25, -0.2) is 4.98 Å². The minimum Gasteiger partial charge on any atom is -0.442 e. The zero-order valence-corrected chi connectivity index (χ0v) is 6.98. The number of aromatic nitrogens is 3. The molecule has 2 rings (SSSR count). The van der Waals surface area contributed by atoms with Crippen LogP contribution in [0.25, 0.3) is 11.5 Å². The molecule has 0 unspecified atom stereocenters. The van der Waals surface area contributed by atoms with E-state index in [1.807, 2.05) is 20.0 Å². The van der Waals surface area contributed by atoms with Crippen molar-refractivity contribution < 1.29 is 4.42 Å². The Balaban J connectivity index is 2.48. The van der Waals surface area contributed by atoms with E-state index in [0.29, 0.717) is 5.76 Å². The number of oxazole rings is 1. The number of nitrogens with zero attached hydrogens (tertiary/aromatic N) is 3. The summed E-state index contributed by atoms with van der Waals surface area (Å²) in [5.41, 5.74) is 1.92. The van der Waals surface area contributed by atoms with Gasteiger partial charge in [-0.1, -0.05) is 0 Å². The first-order valence-corrected chi connectivity index (χ1v) is 3.67. The van der Waals surface area contributed by atoms with E-state index in [4.69, 9.17) is 4.42 Å².